The predicted octanol–water partition coefficient (Wildman–Crippen LogP) is 4.80. The van der Waals surface area contributed by atoms with Crippen LogP contribution in [-0.4, -0.2) is 28.8 Å². The lowest BCUT2D eigenvalue weighted by molar-refractivity contribution is 0.409. The second-order valence-corrected chi connectivity index (χ2v) is 6.67. The number of para-hydroxylation sites is 3. The van der Waals surface area contributed by atoms with E-state index in [0.717, 1.165) is 50.2 Å². The molecule has 28 heavy (non-hydrogen) atoms. The highest BCUT2D eigenvalue weighted by Crippen LogP contribution is 2.32. The quantitative estimate of drug-likeness (QED) is 0.456. The molecule has 0 bridgehead atoms. The fourth-order valence-corrected chi connectivity index (χ4v) is 3.70. The van der Waals surface area contributed by atoms with Crippen molar-refractivity contribution in [2.24, 2.45) is 0 Å². The number of aromatic nitrogens is 3. The number of hydrogen-bond acceptors (Lipinski definition) is 4. The molecule has 2 heterocycles. The van der Waals surface area contributed by atoms with Crippen LogP contribution in [0.3, 0.4) is 0 Å². The minimum Gasteiger partial charge on any atom is -0.497 e. The van der Waals surface area contributed by atoms with Crippen LogP contribution in [0.1, 0.15) is 5.56 Å². The molecule has 0 unspecified atom stereocenters. The largest absolute Gasteiger partial charge is 0.497 e. The summed E-state index contributed by atoms with van der Waals surface area (Å²) >= 11 is 0. The zero-order valence-corrected chi connectivity index (χ0v) is 15.7. The van der Waals surface area contributed by atoms with Gasteiger partial charge in [0.05, 0.1) is 37.3 Å². The maximum Gasteiger partial charge on any atom is 0.160 e. The number of fused-ring (bicyclic) bond motifs is 4. The highest BCUT2D eigenvalue weighted by Gasteiger charge is 2.16. The predicted molar refractivity (Wildman–Crippen MR) is 111 cm³/mol. The number of rotatable bonds is 4. The average Bonchev–Trinajstić information content (AvgIpc) is 3.04. The van der Waals surface area contributed by atoms with Gasteiger partial charge < -0.3 is 14.0 Å². The van der Waals surface area contributed by atoms with Gasteiger partial charge in [-0.2, -0.15) is 0 Å². The lowest BCUT2D eigenvalue weighted by Crippen LogP contribution is -2.03. The van der Waals surface area contributed by atoms with Crippen LogP contribution in [0.2, 0.25) is 0 Å². The van der Waals surface area contributed by atoms with Crippen molar-refractivity contribution >= 4 is 33.1 Å². The van der Waals surface area contributed by atoms with Crippen LogP contribution in [-0.2, 0) is 6.54 Å². The van der Waals surface area contributed by atoms with Gasteiger partial charge in [0.15, 0.2) is 5.65 Å². The van der Waals surface area contributed by atoms with Crippen molar-refractivity contribution in [3.63, 3.8) is 0 Å². The molecule has 5 nitrogen and oxygen atoms in total. The van der Waals surface area contributed by atoms with Gasteiger partial charge in [0.1, 0.15) is 17.0 Å². The van der Waals surface area contributed by atoms with Crippen molar-refractivity contribution in [1.29, 1.82) is 0 Å². The molecule has 5 heteroatoms. The number of benzene rings is 3. The second-order valence-electron chi connectivity index (χ2n) is 6.67. The van der Waals surface area contributed by atoms with Crippen LogP contribution >= 0.6 is 0 Å². The molecule has 138 valence electrons. The van der Waals surface area contributed by atoms with E-state index in [1.807, 2.05) is 54.6 Å². The maximum absolute atomic E-state index is 5.56. The van der Waals surface area contributed by atoms with Gasteiger partial charge in [-0.05, 0) is 36.4 Å². The molecule has 0 saturated carbocycles. The van der Waals surface area contributed by atoms with Crippen LogP contribution in [0.25, 0.3) is 33.1 Å². The van der Waals surface area contributed by atoms with Crippen LogP contribution in [0.4, 0.5) is 0 Å². The minimum atomic E-state index is 0.642. The third-order valence-corrected chi connectivity index (χ3v) is 5.08. The Hall–Kier alpha value is -3.60. The van der Waals surface area contributed by atoms with Crippen molar-refractivity contribution in [2.45, 2.75) is 6.54 Å². The number of ether oxygens (including phenoxy) is 2. The van der Waals surface area contributed by atoms with Gasteiger partial charge in [-0.25, -0.2) is 9.97 Å². The summed E-state index contributed by atoms with van der Waals surface area (Å²) in [5.74, 6) is 1.67. The van der Waals surface area contributed by atoms with E-state index in [0.29, 0.717) is 6.54 Å². The van der Waals surface area contributed by atoms with E-state index in [1.54, 1.807) is 14.2 Å². The Balaban J connectivity index is 1.83. The Morgan fingerprint density at radius 2 is 1.57 bits per heavy atom. The molecule has 0 amide bonds. The van der Waals surface area contributed by atoms with Crippen LogP contribution < -0.4 is 9.47 Å². The van der Waals surface area contributed by atoms with Crippen molar-refractivity contribution in [2.75, 3.05) is 14.2 Å². The van der Waals surface area contributed by atoms with Gasteiger partial charge in [-0.15, -0.1) is 0 Å². The topological polar surface area (TPSA) is 49.2 Å². The first-order valence-corrected chi connectivity index (χ1v) is 9.13. The Morgan fingerprint density at radius 3 is 2.36 bits per heavy atom. The zero-order valence-electron chi connectivity index (χ0n) is 15.7. The monoisotopic (exact) mass is 369 g/mol. The fourth-order valence-electron chi connectivity index (χ4n) is 3.70. The number of nitrogens with zero attached hydrogens (tertiary/aromatic N) is 3. The molecule has 0 aliphatic carbocycles. The highest BCUT2D eigenvalue weighted by molar-refractivity contribution is 6.07. The Morgan fingerprint density at radius 1 is 0.821 bits per heavy atom. The van der Waals surface area contributed by atoms with E-state index in [4.69, 9.17) is 19.4 Å². The van der Waals surface area contributed by atoms with Gasteiger partial charge in [0.25, 0.3) is 0 Å². The summed E-state index contributed by atoms with van der Waals surface area (Å²) < 4.78 is 13.2. The molecular weight excluding hydrogens is 350 g/mol. The Bertz CT molecular complexity index is 1320. The van der Waals surface area contributed by atoms with E-state index < -0.39 is 0 Å². The summed E-state index contributed by atoms with van der Waals surface area (Å²) in [7, 11) is 3.37. The summed E-state index contributed by atoms with van der Waals surface area (Å²) in [5.41, 5.74) is 5.65. The fraction of sp³-hybridized carbons (Fsp3) is 0.130. The third-order valence-electron chi connectivity index (χ3n) is 5.08. The van der Waals surface area contributed by atoms with E-state index in [2.05, 4.69) is 16.7 Å². The number of methoxy groups -OCH3 is 2. The van der Waals surface area contributed by atoms with Crippen LogP contribution in [0, 0.1) is 0 Å². The first-order chi connectivity index (χ1) is 13.8. The molecule has 0 radical (unpaired) electrons. The molecule has 0 spiro atoms. The first kappa shape index (κ1) is 16.6. The van der Waals surface area contributed by atoms with Crippen molar-refractivity contribution in [1.82, 2.24) is 14.5 Å². The Labute approximate surface area is 162 Å². The maximum atomic E-state index is 5.56. The summed E-state index contributed by atoms with van der Waals surface area (Å²) in [6.45, 7) is 0.642. The summed E-state index contributed by atoms with van der Waals surface area (Å²) in [6.07, 6.45) is 0. The zero-order chi connectivity index (χ0) is 19.1. The molecule has 0 fully saturated rings. The van der Waals surface area contributed by atoms with Crippen molar-refractivity contribution < 1.29 is 9.47 Å². The second kappa shape index (κ2) is 6.53. The van der Waals surface area contributed by atoms with E-state index in [1.165, 1.54) is 0 Å². The van der Waals surface area contributed by atoms with Gasteiger partial charge in [-0.3, -0.25) is 0 Å². The third kappa shape index (κ3) is 2.55. The van der Waals surface area contributed by atoms with E-state index >= 15 is 0 Å². The minimum absolute atomic E-state index is 0.642. The SMILES string of the molecule is COc1ccc2c(c1)c1nc3ccccc3nc1n2Cc1ccccc1OC. The molecule has 3 aromatic carbocycles. The van der Waals surface area contributed by atoms with Gasteiger partial charge in [0, 0.05) is 10.9 Å². The van der Waals surface area contributed by atoms with Crippen LogP contribution in [0.5, 0.6) is 11.5 Å². The van der Waals surface area contributed by atoms with Gasteiger partial charge >= 0.3 is 0 Å². The molecule has 0 saturated heterocycles. The summed E-state index contributed by atoms with van der Waals surface area (Å²) in [4.78, 5) is 9.86. The summed E-state index contributed by atoms with van der Waals surface area (Å²) in [6, 6.07) is 22.1. The van der Waals surface area contributed by atoms with Crippen molar-refractivity contribution in [3.8, 4) is 11.5 Å². The molecule has 0 N–H and O–H groups in total. The molecule has 0 aliphatic rings. The molecule has 5 aromatic rings. The van der Waals surface area contributed by atoms with Crippen LogP contribution in [0.15, 0.2) is 66.7 Å². The Kier molecular flexibility index (Phi) is 3.86. The normalized spacial score (nSPS) is 11.4. The molecule has 2 aromatic heterocycles. The van der Waals surface area contributed by atoms with E-state index in [9.17, 15) is 0 Å². The molecule has 0 aliphatic heterocycles. The smallest absolute Gasteiger partial charge is 0.160 e. The molecular formula is C23H19N3O2. The number of hydrogen-bond donors (Lipinski definition) is 0. The molecule has 0 atom stereocenters. The lowest BCUT2D eigenvalue weighted by Gasteiger charge is -2.11. The molecule has 5 rings (SSSR count). The standard InChI is InChI=1S/C23H19N3O2/c1-27-16-11-12-20-17(13-16)22-23(25-19-9-5-4-8-18(19)24-22)26(20)14-15-7-3-6-10-21(15)28-2/h3-13H,14H2,1-2H3. The lowest BCUT2D eigenvalue weighted by atomic mass is 10.2. The first-order valence-electron chi connectivity index (χ1n) is 9.13. The van der Waals surface area contributed by atoms with Crippen molar-refractivity contribution in [3.05, 3.63) is 72.3 Å². The summed E-state index contributed by atoms with van der Waals surface area (Å²) in [5, 5.41) is 1.03. The van der Waals surface area contributed by atoms with Gasteiger partial charge in [0.2, 0.25) is 0 Å². The van der Waals surface area contributed by atoms with Gasteiger partial charge in [-0.1, -0.05) is 30.3 Å². The van der Waals surface area contributed by atoms with E-state index in [-0.39, 0.29) is 0 Å². The highest BCUT2D eigenvalue weighted by atomic mass is 16.5. The average molecular weight is 369 g/mol.